The molecule has 0 atom stereocenters. The van der Waals surface area contributed by atoms with E-state index in [4.69, 9.17) is 18.9 Å². The van der Waals surface area contributed by atoms with Crippen molar-refractivity contribution in [2.24, 2.45) is 0 Å². The Morgan fingerprint density at radius 2 is 0.818 bits per heavy atom. The molecule has 228 valence electrons. The standard InChI is InChI=1S/2C12H13O2.C12H10Si.2ClH.Zr/c2*1-8-6-9-10(7-8)12(14-3)5-4-11(9)13-2;1-3-7-11(8-4-1)13-12-9-5-2-6-10-12;;;/h2*4-7H,1-3H3;1-10H;2*1H;/q2*-1;;;;+2/p-2. The van der Waals surface area contributed by atoms with Crippen molar-refractivity contribution in [3.63, 3.8) is 0 Å². The minimum atomic E-state index is -0.455. The summed E-state index contributed by atoms with van der Waals surface area (Å²) in [4.78, 5) is 0. The third-order valence-corrected chi connectivity index (χ3v) is 13.0. The van der Waals surface area contributed by atoms with Crippen molar-refractivity contribution in [2.45, 2.75) is 13.8 Å². The Morgan fingerprint density at radius 1 is 0.500 bits per heavy atom. The first-order valence-electron chi connectivity index (χ1n) is 13.7. The van der Waals surface area contributed by atoms with Gasteiger partial charge in [0.2, 0.25) is 0 Å². The van der Waals surface area contributed by atoms with Gasteiger partial charge in [-0.3, -0.25) is 0 Å². The molecule has 4 nitrogen and oxygen atoms in total. The first-order valence-corrected chi connectivity index (χ1v) is 18.8. The SMILES string of the molecule is COc1ccc(OC)c2[cH-]c(C)cc12.COc1ccc(OC)c2[cH-]c(C)cc12.[Cl-].[Cl-].[Zr+2]=[Si](c1ccccc1)c1ccccc1. The van der Waals surface area contributed by atoms with E-state index in [9.17, 15) is 0 Å². The van der Waals surface area contributed by atoms with Crippen molar-refractivity contribution >= 4 is 37.4 Å². The Balaban J connectivity index is 0.000000225. The molecule has 8 heteroatoms. The molecule has 0 amide bonds. The molecular weight excluding hydrogens is 687 g/mol. The number of rotatable bonds is 6. The fourth-order valence-electron chi connectivity index (χ4n) is 4.87. The van der Waals surface area contributed by atoms with Gasteiger partial charge in [0, 0.05) is 11.5 Å². The number of benzene rings is 4. The van der Waals surface area contributed by atoms with Crippen molar-refractivity contribution in [2.75, 3.05) is 28.4 Å². The zero-order valence-electron chi connectivity index (χ0n) is 25.8. The van der Waals surface area contributed by atoms with Crippen LogP contribution in [-0.4, -0.2) is 33.9 Å². The van der Waals surface area contributed by atoms with Crippen molar-refractivity contribution in [3.05, 3.63) is 120 Å². The second kappa shape index (κ2) is 18.1. The second-order valence-corrected chi connectivity index (χ2v) is 15.4. The fourth-order valence-corrected chi connectivity index (χ4v) is 8.71. The zero-order chi connectivity index (χ0) is 30.1. The van der Waals surface area contributed by atoms with Gasteiger partial charge in [0.05, 0.1) is 39.9 Å². The molecule has 6 aromatic rings. The summed E-state index contributed by atoms with van der Waals surface area (Å²) in [5.74, 6) is 3.59. The summed E-state index contributed by atoms with van der Waals surface area (Å²) in [6.45, 7) is 4.14. The Kier molecular flexibility index (Phi) is 15.3. The number of fused-ring (bicyclic) bond motifs is 2. The maximum atomic E-state index is 5.28. The summed E-state index contributed by atoms with van der Waals surface area (Å²) in [6, 6.07) is 37.8. The third kappa shape index (κ3) is 9.01. The molecule has 0 bridgehead atoms. The Morgan fingerprint density at radius 3 is 1.14 bits per heavy atom. The van der Waals surface area contributed by atoms with Crippen LogP contribution in [-0.2, 0) is 23.3 Å². The summed E-state index contributed by atoms with van der Waals surface area (Å²) >= 11 is 1.64. The van der Waals surface area contributed by atoms with Gasteiger partial charge < -0.3 is 43.8 Å². The summed E-state index contributed by atoms with van der Waals surface area (Å²) in [5, 5.41) is 7.49. The molecule has 44 heavy (non-hydrogen) atoms. The predicted molar refractivity (Wildman–Crippen MR) is 173 cm³/mol. The molecule has 0 saturated heterocycles. The van der Waals surface area contributed by atoms with Crippen LogP contribution in [0, 0.1) is 13.8 Å². The maximum absolute atomic E-state index is 5.28. The molecule has 0 spiro atoms. The van der Waals surface area contributed by atoms with E-state index in [1.165, 1.54) is 21.5 Å². The molecular formula is C36H36Cl2O4SiZr-2. The first-order chi connectivity index (χ1) is 20.4. The summed E-state index contributed by atoms with van der Waals surface area (Å²) in [5.41, 5.74) is 1.99. The molecule has 0 radical (unpaired) electrons. The number of aryl methyl sites for hydroxylation is 2. The third-order valence-electron chi connectivity index (χ3n) is 6.91. The average molecular weight is 723 g/mol. The summed E-state index contributed by atoms with van der Waals surface area (Å²) < 4.78 is 21.1. The molecule has 0 unspecified atom stereocenters. The number of hydrogen-bond donors (Lipinski definition) is 0. The van der Waals surface area contributed by atoms with Gasteiger partial charge in [-0.15, -0.1) is 34.0 Å². The number of hydrogen-bond acceptors (Lipinski definition) is 4. The molecule has 0 aliphatic rings. The molecule has 6 rings (SSSR count). The van der Waals surface area contributed by atoms with Gasteiger partial charge >= 0.3 is 99.8 Å². The summed E-state index contributed by atoms with van der Waals surface area (Å²) in [7, 11) is 6.74. The van der Waals surface area contributed by atoms with Crippen molar-refractivity contribution in [1.29, 1.82) is 0 Å². The van der Waals surface area contributed by atoms with E-state index in [0.29, 0.717) is 0 Å². The van der Waals surface area contributed by atoms with E-state index in [1.54, 1.807) is 51.8 Å². The van der Waals surface area contributed by atoms with Gasteiger partial charge in [0.25, 0.3) is 0 Å². The van der Waals surface area contributed by atoms with E-state index in [2.05, 4.69) is 98.8 Å². The van der Waals surface area contributed by atoms with Crippen LogP contribution in [0.5, 0.6) is 23.0 Å². The molecule has 0 aromatic heterocycles. The van der Waals surface area contributed by atoms with Gasteiger partial charge in [-0.2, -0.15) is 12.1 Å². The first kappa shape index (κ1) is 37.2. The van der Waals surface area contributed by atoms with Crippen LogP contribution in [0.3, 0.4) is 0 Å². The number of ether oxygens (including phenoxy) is 4. The fraction of sp³-hybridized carbons (Fsp3) is 0.167. The summed E-state index contributed by atoms with van der Waals surface area (Å²) in [6.07, 6.45) is 0. The van der Waals surface area contributed by atoms with Gasteiger partial charge in [0.15, 0.2) is 0 Å². The Hall–Kier alpha value is -3.02. The van der Waals surface area contributed by atoms with Crippen LogP contribution in [0.15, 0.2) is 109 Å². The normalized spacial score (nSPS) is 9.82. The molecule has 0 aliphatic carbocycles. The minimum absolute atomic E-state index is 0. The monoisotopic (exact) mass is 720 g/mol. The van der Waals surface area contributed by atoms with E-state index in [0.717, 1.165) is 44.5 Å². The van der Waals surface area contributed by atoms with Crippen LogP contribution < -0.4 is 54.1 Å². The Bertz CT molecular complexity index is 1550. The van der Waals surface area contributed by atoms with Crippen LogP contribution in [0.1, 0.15) is 11.1 Å². The van der Waals surface area contributed by atoms with Gasteiger partial charge in [-0.25, -0.2) is 0 Å². The average Bonchev–Trinajstić information content (AvgIpc) is 3.63. The molecule has 0 fully saturated rings. The van der Waals surface area contributed by atoms with Crippen LogP contribution in [0.2, 0.25) is 0 Å². The number of methoxy groups -OCH3 is 4. The van der Waals surface area contributed by atoms with Crippen molar-refractivity contribution < 1.29 is 67.1 Å². The second-order valence-electron chi connectivity index (χ2n) is 9.77. The van der Waals surface area contributed by atoms with E-state index >= 15 is 0 Å². The molecule has 0 N–H and O–H groups in total. The Labute approximate surface area is 288 Å². The van der Waals surface area contributed by atoms with Crippen molar-refractivity contribution in [1.82, 2.24) is 0 Å². The van der Waals surface area contributed by atoms with Gasteiger partial charge in [-0.05, 0) is 12.1 Å². The van der Waals surface area contributed by atoms with Crippen molar-refractivity contribution in [3.8, 4) is 23.0 Å². The number of halogens is 2. The molecule has 0 aliphatic heterocycles. The van der Waals surface area contributed by atoms with Gasteiger partial charge in [0.1, 0.15) is 0 Å². The molecule has 0 heterocycles. The van der Waals surface area contributed by atoms with Gasteiger partial charge in [-0.1, -0.05) is 36.8 Å². The zero-order valence-corrected chi connectivity index (χ0v) is 30.8. The molecule has 6 aromatic carbocycles. The van der Waals surface area contributed by atoms with E-state index < -0.39 is 5.43 Å². The van der Waals surface area contributed by atoms with E-state index in [1.807, 2.05) is 24.3 Å². The topological polar surface area (TPSA) is 36.9 Å². The quantitative estimate of drug-likeness (QED) is 0.191. The van der Waals surface area contributed by atoms with Crippen LogP contribution >= 0.6 is 0 Å². The predicted octanol–water partition coefficient (Wildman–Crippen LogP) is 1.12. The van der Waals surface area contributed by atoms with Crippen LogP contribution in [0.25, 0.3) is 21.5 Å². The van der Waals surface area contributed by atoms with E-state index in [-0.39, 0.29) is 24.8 Å². The van der Waals surface area contributed by atoms with Crippen LogP contribution in [0.4, 0.5) is 0 Å². The molecule has 0 saturated carbocycles.